The average molecular weight is 365 g/mol. The molecule has 1 aromatic carbocycles. The van der Waals surface area contributed by atoms with E-state index in [9.17, 15) is 32.7 Å². The van der Waals surface area contributed by atoms with Crippen molar-refractivity contribution in [3.63, 3.8) is 0 Å². The number of methoxy groups -OCH3 is 1. The Morgan fingerprint density at radius 2 is 1.96 bits per heavy atom. The van der Waals surface area contributed by atoms with Gasteiger partial charge >= 0.3 is 12.1 Å². The third-order valence-electron chi connectivity index (χ3n) is 2.79. The number of amides is 1. The van der Waals surface area contributed by atoms with Crippen molar-refractivity contribution in [2.24, 2.45) is 0 Å². The van der Waals surface area contributed by atoms with E-state index in [1.54, 1.807) is 0 Å². The second-order valence-corrected chi connectivity index (χ2v) is 5.60. The number of halogens is 3. The predicted octanol–water partition coefficient (Wildman–Crippen LogP) is 1.96. The summed E-state index contributed by atoms with van der Waals surface area (Å²) >= 11 is 0.555. The van der Waals surface area contributed by atoms with Gasteiger partial charge in [0.1, 0.15) is 11.8 Å². The lowest BCUT2D eigenvalue weighted by molar-refractivity contribution is -0.144. The fourth-order valence-corrected chi connectivity index (χ4v) is 2.54. The molecule has 1 rings (SSSR count). The van der Waals surface area contributed by atoms with E-state index in [-0.39, 0.29) is 11.3 Å². The topological polar surface area (TPSA) is 92.7 Å². The summed E-state index contributed by atoms with van der Waals surface area (Å²) in [5, 5.41) is 11.1. The summed E-state index contributed by atoms with van der Waals surface area (Å²) in [5.41, 5.74) is -1.42. The summed E-state index contributed by atoms with van der Waals surface area (Å²) < 4.78 is 42.0. The Labute approximate surface area is 139 Å². The molecule has 0 radical (unpaired) electrons. The molecule has 0 saturated heterocycles. The summed E-state index contributed by atoms with van der Waals surface area (Å²) in [6, 6.07) is 0.857. The Balaban J connectivity index is 2.84. The number of phenols is 1. The third-order valence-corrected chi connectivity index (χ3v) is 3.77. The summed E-state index contributed by atoms with van der Waals surface area (Å²) in [4.78, 5) is 34.5. The number of nitrogens with one attached hydrogen (secondary N) is 1. The molecule has 0 aromatic heterocycles. The lowest BCUT2D eigenvalue weighted by Crippen LogP contribution is -2.42. The quantitative estimate of drug-likeness (QED) is 0.775. The Morgan fingerprint density at radius 1 is 1.33 bits per heavy atom. The second kappa shape index (κ2) is 8.04. The molecule has 0 bridgehead atoms. The first-order chi connectivity index (χ1) is 11.1. The summed E-state index contributed by atoms with van der Waals surface area (Å²) in [5.74, 6) is -2.32. The maximum atomic E-state index is 12.5. The van der Waals surface area contributed by atoms with E-state index in [1.165, 1.54) is 6.92 Å². The number of phenolic OH excluding ortho intramolecular Hbond substituents is 1. The average Bonchev–Trinajstić information content (AvgIpc) is 2.48. The third kappa shape index (κ3) is 5.44. The summed E-state index contributed by atoms with van der Waals surface area (Å²) in [6.45, 7) is 1.17. The first-order valence-corrected chi connectivity index (χ1v) is 7.47. The molecule has 1 atom stereocenters. The molecular formula is C14H14F3NO5S. The molecule has 2 N–H and O–H groups in total. The molecule has 0 spiro atoms. The van der Waals surface area contributed by atoms with Crippen LogP contribution in [0.2, 0.25) is 0 Å². The molecule has 0 fully saturated rings. The SMILES string of the molecule is COC(=O)C(CSC(=O)c1ccc(C(F)(F)F)cc1O)NC(C)=O. The van der Waals surface area contributed by atoms with Crippen molar-refractivity contribution in [3.05, 3.63) is 29.3 Å². The van der Waals surface area contributed by atoms with Crippen LogP contribution in [0.3, 0.4) is 0 Å². The van der Waals surface area contributed by atoms with Crippen LogP contribution in [0.5, 0.6) is 5.75 Å². The Hall–Kier alpha value is -2.23. The minimum absolute atomic E-state index is 0.203. The van der Waals surface area contributed by atoms with E-state index < -0.39 is 40.5 Å². The van der Waals surface area contributed by atoms with Gasteiger partial charge in [0.25, 0.3) is 0 Å². The number of esters is 1. The van der Waals surface area contributed by atoms with Crippen LogP contribution >= 0.6 is 11.8 Å². The molecular weight excluding hydrogens is 351 g/mol. The maximum Gasteiger partial charge on any atom is 0.416 e. The zero-order valence-corrected chi connectivity index (χ0v) is 13.5. The number of carbonyl (C=O) groups is 3. The van der Waals surface area contributed by atoms with Crippen LogP contribution in [0, 0.1) is 0 Å². The van der Waals surface area contributed by atoms with Crippen molar-refractivity contribution in [1.29, 1.82) is 0 Å². The number of rotatable bonds is 5. The Bertz CT molecular complexity index is 648. The molecule has 1 unspecified atom stereocenters. The van der Waals surface area contributed by atoms with Gasteiger partial charge in [-0.25, -0.2) is 4.79 Å². The molecule has 10 heteroatoms. The molecule has 1 aromatic rings. The van der Waals surface area contributed by atoms with Crippen molar-refractivity contribution in [2.45, 2.75) is 19.1 Å². The molecule has 6 nitrogen and oxygen atoms in total. The number of thioether (sulfide) groups is 1. The smallest absolute Gasteiger partial charge is 0.416 e. The van der Waals surface area contributed by atoms with Gasteiger partial charge in [0, 0.05) is 12.7 Å². The van der Waals surface area contributed by atoms with Crippen LogP contribution in [0.4, 0.5) is 13.2 Å². The summed E-state index contributed by atoms with van der Waals surface area (Å²) in [6.07, 6.45) is -4.65. The highest BCUT2D eigenvalue weighted by atomic mass is 32.2. The number of carbonyl (C=O) groups excluding carboxylic acids is 3. The van der Waals surface area contributed by atoms with Crippen molar-refractivity contribution < 1.29 is 37.4 Å². The Kier molecular flexibility index (Phi) is 6.64. The molecule has 0 aliphatic carbocycles. The highest BCUT2D eigenvalue weighted by Gasteiger charge is 2.32. The normalized spacial score (nSPS) is 12.4. The zero-order valence-electron chi connectivity index (χ0n) is 12.6. The lowest BCUT2D eigenvalue weighted by atomic mass is 10.1. The van der Waals surface area contributed by atoms with E-state index in [0.29, 0.717) is 23.9 Å². The monoisotopic (exact) mass is 365 g/mol. The van der Waals surface area contributed by atoms with Crippen LogP contribution in [0.25, 0.3) is 0 Å². The van der Waals surface area contributed by atoms with Gasteiger partial charge in [-0.05, 0) is 18.2 Å². The van der Waals surface area contributed by atoms with Crippen LogP contribution < -0.4 is 5.32 Å². The van der Waals surface area contributed by atoms with Gasteiger partial charge in [0.15, 0.2) is 0 Å². The first-order valence-electron chi connectivity index (χ1n) is 6.48. The van der Waals surface area contributed by atoms with Crippen molar-refractivity contribution in [1.82, 2.24) is 5.32 Å². The molecule has 132 valence electrons. The molecule has 1 amide bonds. The number of aromatic hydroxyl groups is 1. The number of ether oxygens (including phenoxy) is 1. The predicted molar refractivity (Wildman–Crippen MR) is 79.5 cm³/mol. The van der Waals surface area contributed by atoms with E-state index >= 15 is 0 Å². The van der Waals surface area contributed by atoms with Gasteiger partial charge in [-0.1, -0.05) is 11.8 Å². The molecule has 0 aliphatic heterocycles. The molecule has 0 heterocycles. The molecule has 24 heavy (non-hydrogen) atoms. The van der Waals surface area contributed by atoms with Gasteiger partial charge in [-0.2, -0.15) is 13.2 Å². The Morgan fingerprint density at radius 3 is 2.42 bits per heavy atom. The second-order valence-electron chi connectivity index (χ2n) is 4.60. The van der Waals surface area contributed by atoms with Gasteiger partial charge in [-0.15, -0.1) is 0 Å². The van der Waals surface area contributed by atoms with E-state index in [1.807, 2.05) is 0 Å². The van der Waals surface area contributed by atoms with Gasteiger partial charge in [0.05, 0.1) is 18.2 Å². The van der Waals surface area contributed by atoms with E-state index in [2.05, 4.69) is 10.1 Å². The standard InChI is InChI=1S/C14H14F3NO5S/c1-7(19)18-10(12(21)23-2)6-24-13(22)9-4-3-8(5-11(9)20)14(15,16)17/h3-5,10,20H,6H2,1-2H3,(H,18,19). The minimum atomic E-state index is -4.65. The fraction of sp³-hybridized carbons (Fsp3) is 0.357. The highest BCUT2D eigenvalue weighted by molar-refractivity contribution is 8.14. The van der Waals surface area contributed by atoms with E-state index in [4.69, 9.17) is 0 Å². The van der Waals surface area contributed by atoms with Crippen molar-refractivity contribution in [3.8, 4) is 5.75 Å². The highest BCUT2D eigenvalue weighted by Crippen LogP contribution is 2.33. The fourth-order valence-electron chi connectivity index (χ4n) is 1.67. The van der Waals surface area contributed by atoms with E-state index in [0.717, 1.165) is 13.2 Å². The first kappa shape index (κ1) is 19.8. The maximum absolute atomic E-state index is 12.5. The van der Waals surface area contributed by atoms with Crippen LogP contribution in [-0.2, 0) is 20.5 Å². The largest absolute Gasteiger partial charge is 0.507 e. The molecule has 0 saturated carbocycles. The van der Waals surface area contributed by atoms with Gasteiger partial charge in [0.2, 0.25) is 11.0 Å². The zero-order chi connectivity index (χ0) is 18.5. The number of benzene rings is 1. The van der Waals surface area contributed by atoms with Crippen LogP contribution in [0.1, 0.15) is 22.8 Å². The minimum Gasteiger partial charge on any atom is -0.507 e. The van der Waals surface area contributed by atoms with Crippen molar-refractivity contribution >= 4 is 28.8 Å². The van der Waals surface area contributed by atoms with Crippen LogP contribution in [0.15, 0.2) is 18.2 Å². The number of alkyl halides is 3. The van der Waals surface area contributed by atoms with Gasteiger partial charge in [-0.3, -0.25) is 9.59 Å². The lowest BCUT2D eigenvalue weighted by Gasteiger charge is -2.15. The van der Waals surface area contributed by atoms with Crippen LogP contribution in [-0.4, -0.2) is 41.0 Å². The van der Waals surface area contributed by atoms with Gasteiger partial charge < -0.3 is 15.2 Å². The van der Waals surface area contributed by atoms with Crippen molar-refractivity contribution in [2.75, 3.05) is 12.9 Å². The number of hydrogen-bond acceptors (Lipinski definition) is 6. The molecule has 0 aliphatic rings. The number of hydrogen-bond donors (Lipinski definition) is 2. The summed E-state index contributed by atoms with van der Waals surface area (Å²) in [7, 11) is 1.10.